The lowest BCUT2D eigenvalue weighted by Gasteiger charge is -2.41. The molecule has 0 aromatic heterocycles. The molecule has 1 aromatic rings. The molecule has 0 N–H and O–H groups in total. The third kappa shape index (κ3) is 8.42. The SMILES string of the molecule is C=C/C=C\C=C(/OPC(C)(OC1=CCC(OC)C=C1)C(C)(C)C)c1ccccc1OPC(C)C. The summed E-state index contributed by atoms with van der Waals surface area (Å²) in [6.07, 6.45) is 14.5. The standard InChI is InChI=1S/C28H40O4P2/c1-9-10-11-15-26(24-14-12-13-16-25(24)31-33-21(2)3)32-34-28(7,27(4,5)6)30-23-19-17-22(29-8)18-20-23/h9-17,19-22,33-34H,1,18H2,2-8H3/b11-10-,26-15-. The summed E-state index contributed by atoms with van der Waals surface area (Å²) in [5, 5.41) is -0.556. The molecule has 4 nitrogen and oxygen atoms in total. The first-order valence-electron chi connectivity index (χ1n) is 11.6. The normalized spacial score (nSPS) is 19.2. The van der Waals surface area contributed by atoms with E-state index in [1.165, 1.54) is 0 Å². The van der Waals surface area contributed by atoms with E-state index in [0.717, 1.165) is 29.3 Å². The lowest BCUT2D eigenvalue weighted by molar-refractivity contribution is 0.00554. The Bertz CT molecular complexity index is 925. The Morgan fingerprint density at radius 1 is 1.15 bits per heavy atom. The van der Waals surface area contributed by atoms with Gasteiger partial charge in [-0.15, -0.1) is 0 Å². The molecule has 186 valence electrons. The van der Waals surface area contributed by atoms with Gasteiger partial charge in [-0.05, 0) is 43.7 Å². The van der Waals surface area contributed by atoms with Gasteiger partial charge in [0.25, 0.3) is 0 Å². The first-order valence-corrected chi connectivity index (χ1v) is 13.5. The van der Waals surface area contributed by atoms with Crippen molar-refractivity contribution < 1.29 is 18.5 Å². The molecule has 4 unspecified atom stereocenters. The van der Waals surface area contributed by atoms with Crippen LogP contribution in [0, 0.1) is 5.41 Å². The molecule has 6 heteroatoms. The molecule has 1 aliphatic rings. The van der Waals surface area contributed by atoms with Crippen LogP contribution in [0.15, 0.2) is 79.1 Å². The number of hydrogen-bond donors (Lipinski definition) is 0. The fourth-order valence-electron chi connectivity index (χ4n) is 2.89. The highest BCUT2D eigenvalue weighted by atomic mass is 31.1. The van der Waals surface area contributed by atoms with E-state index >= 15 is 0 Å². The van der Waals surface area contributed by atoms with Gasteiger partial charge in [0.1, 0.15) is 26.1 Å². The zero-order chi connectivity index (χ0) is 25.2. The second kappa shape index (κ2) is 13.3. The van der Waals surface area contributed by atoms with Gasteiger partial charge >= 0.3 is 0 Å². The topological polar surface area (TPSA) is 36.9 Å². The maximum absolute atomic E-state index is 6.57. The predicted molar refractivity (Wildman–Crippen MR) is 149 cm³/mol. The maximum Gasteiger partial charge on any atom is 0.162 e. The van der Waals surface area contributed by atoms with Crippen molar-refractivity contribution in [2.45, 2.75) is 65.1 Å². The van der Waals surface area contributed by atoms with Gasteiger partial charge in [-0.25, -0.2) is 0 Å². The molecule has 2 rings (SSSR count). The van der Waals surface area contributed by atoms with Gasteiger partial charge in [0.2, 0.25) is 0 Å². The zero-order valence-electron chi connectivity index (χ0n) is 21.6. The average molecular weight is 503 g/mol. The number of benzene rings is 1. The van der Waals surface area contributed by atoms with E-state index in [2.05, 4.69) is 54.2 Å². The highest BCUT2D eigenvalue weighted by molar-refractivity contribution is 7.34. The van der Waals surface area contributed by atoms with Crippen LogP contribution in [0.1, 0.15) is 53.5 Å². The number of rotatable bonds is 12. The third-order valence-electron chi connectivity index (χ3n) is 5.49. The summed E-state index contributed by atoms with van der Waals surface area (Å²) in [4.78, 5) is 0. The lowest BCUT2D eigenvalue weighted by Crippen LogP contribution is -2.38. The monoisotopic (exact) mass is 502 g/mol. The fourth-order valence-corrected chi connectivity index (χ4v) is 4.38. The van der Waals surface area contributed by atoms with E-state index < -0.39 is 5.34 Å². The average Bonchev–Trinajstić information content (AvgIpc) is 2.80. The van der Waals surface area contributed by atoms with Crippen LogP contribution in [-0.2, 0) is 14.0 Å². The van der Waals surface area contributed by atoms with Crippen LogP contribution in [-0.4, -0.2) is 24.2 Å². The van der Waals surface area contributed by atoms with Crippen molar-refractivity contribution in [2.24, 2.45) is 5.41 Å². The zero-order valence-corrected chi connectivity index (χ0v) is 23.6. The van der Waals surface area contributed by atoms with E-state index in [4.69, 9.17) is 18.5 Å². The Hall–Kier alpha value is -1.86. The van der Waals surface area contributed by atoms with Crippen LogP contribution >= 0.6 is 17.6 Å². The van der Waals surface area contributed by atoms with Crippen LogP contribution in [0.25, 0.3) is 5.76 Å². The second-order valence-electron chi connectivity index (χ2n) is 9.59. The molecular formula is C28H40O4P2. The molecule has 0 saturated carbocycles. The van der Waals surface area contributed by atoms with Gasteiger partial charge in [-0.3, -0.25) is 0 Å². The van der Waals surface area contributed by atoms with E-state index in [-0.39, 0.29) is 20.3 Å². The first-order chi connectivity index (χ1) is 16.1. The number of ether oxygens (including phenoxy) is 2. The Morgan fingerprint density at radius 3 is 2.47 bits per heavy atom. The lowest BCUT2D eigenvalue weighted by atomic mass is 9.89. The molecule has 0 radical (unpaired) electrons. The van der Waals surface area contributed by atoms with Crippen molar-refractivity contribution in [2.75, 3.05) is 7.11 Å². The summed E-state index contributed by atoms with van der Waals surface area (Å²) in [5.74, 6) is 2.41. The molecule has 0 fully saturated rings. The van der Waals surface area contributed by atoms with Crippen LogP contribution in [0.4, 0.5) is 0 Å². The molecule has 0 saturated heterocycles. The van der Waals surface area contributed by atoms with Gasteiger partial charge in [0.05, 0.1) is 20.5 Å². The van der Waals surface area contributed by atoms with Gasteiger partial charge in [0.15, 0.2) is 5.34 Å². The van der Waals surface area contributed by atoms with Gasteiger partial charge < -0.3 is 18.5 Å². The predicted octanol–water partition coefficient (Wildman–Crippen LogP) is 8.40. The molecule has 1 aromatic carbocycles. The Balaban J connectivity index is 2.31. The molecule has 0 amide bonds. The molecule has 1 aliphatic carbocycles. The highest BCUT2D eigenvalue weighted by Crippen LogP contribution is 2.51. The number of para-hydroxylation sites is 1. The smallest absolute Gasteiger partial charge is 0.162 e. The number of methoxy groups -OCH3 is 1. The largest absolute Gasteiger partial charge is 0.480 e. The van der Waals surface area contributed by atoms with E-state index in [0.29, 0.717) is 14.5 Å². The molecule has 0 heterocycles. The van der Waals surface area contributed by atoms with Crippen molar-refractivity contribution in [3.05, 3.63) is 84.7 Å². The van der Waals surface area contributed by atoms with Crippen molar-refractivity contribution in [3.8, 4) is 5.75 Å². The molecule has 34 heavy (non-hydrogen) atoms. The Morgan fingerprint density at radius 2 is 1.88 bits per heavy atom. The highest BCUT2D eigenvalue weighted by Gasteiger charge is 2.42. The minimum Gasteiger partial charge on any atom is -0.480 e. The number of hydrogen-bond acceptors (Lipinski definition) is 4. The summed E-state index contributed by atoms with van der Waals surface area (Å²) >= 11 is 0. The summed E-state index contributed by atoms with van der Waals surface area (Å²) < 4.78 is 24.6. The van der Waals surface area contributed by atoms with Crippen molar-refractivity contribution >= 4 is 23.4 Å². The molecule has 0 aliphatic heterocycles. The van der Waals surface area contributed by atoms with Crippen LogP contribution in [0.5, 0.6) is 5.75 Å². The molecule has 0 bridgehead atoms. The summed E-state index contributed by atoms with van der Waals surface area (Å²) in [6, 6.07) is 8.01. The quantitative estimate of drug-likeness (QED) is 0.163. The third-order valence-corrected chi connectivity index (χ3v) is 7.86. The summed E-state index contributed by atoms with van der Waals surface area (Å²) in [5.41, 5.74) is 1.21. The van der Waals surface area contributed by atoms with Crippen molar-refractivity contribution in [3.63, 3.8) is 0 Å². The van der Waals surface area contributed by atoms with Gasteiger partial charge in [-0.2, -0.15) is 0 Å². The van der Waals surface area contributed by atoms with E-state index in [1.807, 2.05) is 54.6 Å². The van der Waals surface area contributed by atoms with Crippen LogP contribution < -0.4 is 4.52 Å². The fraction of sp³-hybridized carbons (Fsp3) is 0.429. The molecule has 0 spiro atoms. The van der Waals surface area contributed by atoms with Crippen molar-refractivity contribution in [1.29, 1.82) is 0 Å². The summed E-state index contributed by atoms with van der Waals surface area (Å²) in [6.45, 7) is 16.7. The Labute approximate surface area is 209 Å². The summed E-state index contributed by atoms with van der Waals surface area (Å²) in [7, 11) is 2.15. The Kier molecular flexibility index (Phi) is 11.1. The molecule has 4 atom stereocenters. The maximum atomic E-state index is 6.57. The van der Waals surface area contributed by atoms with Crippen molar-refractivity contribution in [1.82, 2.24) is 0 Å². The minimum absolute atomic E-state index is 0.0482. The van der Waals surface area contributed by atoms with E-state index in [9.17, 15) is 0 Å². The van der Waals surface area contributed by atoms with E-state index in [1.54, 1.807) is 13.2 Å². The number of allylic oxidation sites excluding steroid dienone is 5. The molecular weight excluding hydrogens is 462 g/mol. The van der Waals surface area contributed by atoms with Gasteiger partial charge in [0, 0.05) is 18.2 Å². The van der Waals surface area contributed by atoms with Crippen LogP contribution in [0.3, 0.4) is 0 Å². The van der Waals surface area contributed by atoms with Crippen LogP contribution in [0.2, 0.25) is 0 Å². The van der Waals surface area contributed by atoms with Gasteiger partial charge in [-0.1, -0.05) is 77.6 Å². The first kappa shape index (κ1) is 28.4. The minimum atomic E-state index is -0.556. The second-order valence-corrected chi connectivity index (χ2v) is 12.5.